The third kappa shape index (κ3) is 14.7. The Kier molecular flexibility index (Phi) is 14.5. The zero-order valence-corrected chi connectivity index (χ0v) is 26.9. The number of hydrogen-bond donors (Lipinski definition) is 5. The normalized spacial score (nSPS) is 16.7. The fraction of sp³-hybridized carbons (Fsp3) is 0.562. The molecule has 2 rings (SSSR count). The van der Waals surface area contributed by atoms with Crippen LogP contribution in [0.25, 0.3) is 0 Å². The molecule has 0 aromatic heterocycles. The lowest BCUT2D eigenvalue weighted by Gasteiger charge is -2.24. The van der Waals surface area contributed by atoms with E-state index in [1.165, 1.54) is 19.1 Å². The quantitative estimate of drug-likeness (QED) is 0.144. The number of carbonyl (C=O) groups excluding carboxylic acids is 6. The summed E-state index contributed by atoms with van der Waals surface area (Å²) in [5.41, 5.74) is 0.0832. The predicted octanol–water partition coefficient (Wildman–Crippen LogP) is 1.86. The molecular formula is C32H47N5O8. The Hall–Kier alpha value is -4.42. The highest BCUT2D eigenvalue weighted by atomic mass is 16.6. The first-order valence-corrected chi connectivity index (χ1v) is 15.2. The van der Waals surface area contributed by atoms with Crippen molar-refractivity contribution in [2.75, 3.05) is 13.1 Å². The molecule has 1 saturated heterocycles. The van der Waals surface area contributed by atoms with Crippen LogP contribution in [0.2, 0.25) is 0 Å². The highest BCUT2D eigenvalue weighted by molar-refractivity contribution is 5.92. The van der Waals surface area contributed by atoms with E-state index >= 15 is 0 Å². The summed E-state index contributed by atoms with van der Waals surface area (Å²) < 4.78 is 10.4. The Balaban J connectivity index is 2.00. The van der Waals surface area contributed by atoms with Gasteiger partial charge in [-0.3, -0.25) is 19.2 Å². The van der Waals surface area contributed by atoms with E-state index in [4.69, 9.17) is 9.47 Å². The van der Waals surface area contributed by atoms with Gasteiger partial charge < -0.3 is 36.1 Å². The van der Waals surface area contributed by atoms with Crippen LogP contribution in [0.3, 0.4) is 0 Å². The van der Waals surface area contributed by atoms with Gasteiger partial charge >= 0.3 is 12.1 Å². The summed E-state index contributed by atoms with van der Waals surface area (Å²) in [6.45, 7) is 10.5. The minimum absolute atomic E-state index is 0.0243. The molecule has 0 aliphatic carbocycles. The number of alkyl carbamates (subject to hydrolysis) is 1. The molecule has 45 heavy (non-hydrogen) atoms. The van der Waals surface area contributed by atoms with E-state index in [0.717, 1.165) is 5.56 Å². The molecule has 4 unspecified atom stereocenters. The van der Waals surface area contributed by atoms with Gasteiger partial charge in [-0.15, -0.1) is 0 Å². The van der Waals surface area contributed by atoms with Crippen LogP contribution in [0.4, 0.5) is 4.79 Å². The summed E-state index contributed by atoms with van der Waals surface area (Å²) in [6, 6.07) is 6.57. The lowest BCUT2D eigenvalue weighted by Crippen LogP contribution is -2.53. The second-order valence-corrected chi connectivity index (χ2v) is 12.4. The van der Waals surface area contributed by atoms with Gasteiger partial charge in [0.2, 0.25) is 23.6 Å². The molecule has 0 spiro atoms. The molecule has 0 radical (unpaired) electrons. The zero-order valence-electron chi connectivity index (χ0n) is 26.9. The largest absolute Gasteiger partial charge is 0.458 e. The van der Waals surface area contributed by atoms with E-state index in [-0.39, 0.29) is 30.8 Å². The molecule has 1 aromatic rings. The molecule has 13 nitrogen and oxygen atoms in total. The average Bonchev–Trinajstić information content (AvgIpc) is 3.36. The molecule has 1 aromatic carbocycles. The van der Waals surface area contributed by atoms with Crippen molar-refractivity contribution in [3.05, 3.63) is 48.0 Å². The van der Waals surface area contributed by atoms with Crippen LogP contribution in [0, 0.1) is 11.8 Å². The molecule has 0 bridgehead atoms. The number of benzene rings is 1. The Bertz CT molecular complexity index is 1210. The van der Waals surface area contributed by atoms with Crippen molar-refractivity contribution in [2.24, 2.45) is 11.8 Å². The predicted molar refractivity (Wildman–Crippen MR) is 166 cm³/mol. The van der Waals surface area contributed by atoms with Crippen LogP contribution in [0.5, 0.6) is 0 Å². The number of esters is 1. The molecule has 1 aliphatic heterocycles. The van der Waals surface area contributed by atoms with Crippen LogP contribution < -0.4 is 26.6 Å². The first-order valence-electron chi connectivity index (χ1n) is 15.2. The Morgan fingerprint density at radius 3 is 2.29 bits per heavy atom. The summed E-state index contributed by atoms with van der Waals surface area (Å²) in [7, 11) is 0. The summed E-state index contributed by atoms with van der Waals surface area (Å²) in [5, 5.41) is 13.1. The topological polar surface area (TPSA) is 181 Å². The molecule has 5 amide bonds. The minimum atomic E-state index is -0.970. The second kappa shape index (κ2) is 17.8. The van der Waals surface area contributed by atoms with Gasteiger partial charge in [0, 0.05) is 24.6 Å². The third-order valence-corrected chi connectivity index (χ3v) is 6.63. The smallest absolute Gasteiger partial charge is 0.408 e. The summed E-state index contributed by atoms with van der Waals surface area (Å²) in [4.78, 5) is 75.1. The summed E-state index contributed by atoms with van der Waals surface area (Å²) in [6.07, 6.45) is 3.07. The summed E-state index contributed by atoms with van der Waals surface area (Å²) >= 11 is 0. The van der Waals surface area contributed by atoms with Gasteiger partial charge in [-0.2, -0.15) is 0 Å². The Morgan fingerprint density at radius 2 is 1.69 bits per heavy atom. The van der Waals surface area contributed by atoms with Gasteiger partial charge in [-0.1, -0.05) is 50.3 Å². The molecule has 1 aliphatic rings. The van der Waals surface area contributed by atoms with Gasteiger partial charge in [-0.05, 0) is 58.4 Å². The molecule has 1 fully saturated rings. The van der Waals surface area contributed by atoms with Gasteiger partial charge in [0.1, 0.15) is 24.3 Å². The second-order valence-electron chi connectivity index (χ2n) is 12.4. The van der Waals surface area contributed by atoms with E-state index in [0.29, 0.717) is 19.4 Å². The van der Waals surface area contributed by atoms with Gasteiger partial charge in [0.25, 0.3) is 0 Å². The maximum atomic E-state index is 13.4. The fourth-order valence-electron chi connectivity index (χ4n) is 4.44. The maximum absolute atomic E-state index is 13.4. The fourth-order valence-corrected chi connectivity index (χ4v) is 4.44. The van der Waals surface area contributed by atoms with E-state index in [9.17, 15) is 28.8 Å². The number of ether oxygens (including phenoxy) is 2. The van der Waals surface area contributed by atoms with Crippen molar-refractivity contribution in [3.8, 4) is 0 Å². The highest BCUT2D eigenvalue weighted by Gasteiger charge is 2.30. The molecule has 5 N–H and O–H groups in total. The third-order valence-electron chi connectivity index (χ3n) is 6.63. The number of carbonyl (C=O) groups is 6. The maximum Gasteiger partial charge on any atom is 0.408 e. The van der Waals surface area contributed by atoms with Crippen LogP contribution in [-0.2, 0) is 40.1 Å². The van der Waals surface area contributed by atoms with E-state index in [1.54, 1.807) is 20.8 Å². The molecule has 0 saturated carbocycles. The molecule has 1 heterocycles. The van der Waals surface area contributed by atoms with Crippen LogP contribution in [0.15, 0.2) is 42.5 Å². The Morgan fingerprint density at radius 1 is 1.00 bits per heavy atom. The average molecular weight is 630 g/mol. The Labute approximate surface area is 264 Å². The van der Waals surface area contributed by atoms with Crippen LogP contribution in [-0.4, -0.2) is 72.5 Å². The van der Waals surface area contributed by atoms with Crippen molar-refractivity contribution in [3.63, 3.8) is 0 Å². The number of nitrogens with one attached hydrogen (secondary N) is 5. The lowest BCUT2D eigenvalue weighted by molar-refractivity contribution is -0.139. The van der Waals surface area contributed by atoms with E-state index < -0.39 is 60.1 Å². The molecule has 248 valence electrons. The minimum Gasteiger partial charge on any atom is -0.458 e. The van der Waals surface area contributed by atoms with Crippen molar-refractivity contribution in [1.82, 2.24) is 26.6 Å². The van der Waals surface area contributed by atoms with Gasteiger partial charge in [0.05, 0.1) is 6.54 Å². The van der Waals surface area contributed by atoms with Gasteiger partial charge in [-0.25, -0.2) is 9.59 Å². The number of hydrogen-bond acceptors (Lipinski definition) is 8. The van der Waals surface area contributed by atoms with Crippen LogP contribution >= 0.6 is 0 Å². The van der Waals surface area contributed by atoms with Crippen molar-refractivity contribution >= 4 is 35.7 Å². The summed E-state index contributed by atoms with van der Waals surface area (Å²) in [5.74, 6) is -2.80. The standard InChI is InChI=1S/C32H47N5O8/c1-20(2)16-25(37-26(38)18-34-28(40)21(3)35-31(43)45-32(4,5)6)30(42)36-24(17-23-14-15-33-29(23)41)12-13-27(39)44-19-22-10-8-7-9-11-22/h7-13,20-21,23-25H,14-19H2,1-6H3,(H,33,41)(H,34,40)(H,35,43)(H,36,42)(H,37,38)/b13-12+. The van der Waals surface area contributed by atoms with E-state index in [1.807, 2.05) is 44.2 Å². The molecule has 13 heteroatoms. The van der Waals surface area contributed by atoms with Crippen molar-refractivity contribution < 1.29 is 38.2 Å². The van der Waals surface area contributed by atoms with Crippen molar-refractivity contribution in [1.29, 1.82) is 0 Å². The van der Waals surface area contributed by atoms with Crippen LogP contribution in [0.1, 0.15) is 66.4 Å². The molecule has 4 atom stereocenters. The highest BCUT2D eigenvalue weighted by Crippen LogP contribution is 2.17. The zero-order chi connectivity index (χ0) is 33.6. The first-order chi connectivity index (χ1) is 21.1. The van der Waals surface area contributed by atoms with E-state index in [2.05, 4.69) is 26.6 Å². The van der Waals surface area contributed by atoms with Gasteiger partial charge in [0.15, 0.2) is 0 Å². The number of rotatable bonds is 15. The SMILES string of the molecule is CC(C)CC(NC(=O)CNC(=O)C(C)NC(=O)OC(C)(C)C)C(=O)NC(/C=C/C(=O)OCc1ccccc1)CC1CCNC1=O. The first kappa shape index (κ1) is 36.8. The monoisotopic (exact) mass is 629 g/mol. The molecular weight excluding hydrogens is 582 g/mol. The number of amides is 5. The van der Waals surface area contributed by atoms with Crippen molar-refractivity contribution in [2.45, 2.75) is 91.1 Å². The lowest BCUT2D eigenvalue weighted by atomic mass is 9.97.